The molecule has 0 radical (unpaired) electrons. The van der Waals surface area contributed by atoms with Crippen LogP contribution in [0.1, 0.15) is 49.9 Å². The van der Waals surface area contributed by atoms with Crippen LogP contribution in [0.4, 0.5) is 0 Å². The van der Waals surface area contributed by atoms with Gasteiger partial charge in [-0.15, -0.1) is 0 Å². The lowest BCUT2D eigenvalue weighted by Gasteiger charge is -2.28. The number of ether oxygens (including phenoxy) is 1. The fourth-order valence-corrected chi connectivity index (χ4v) is 3.28. The molecule has 3 N–H and O–H groups in total. The number of nitrogens with one attached hydrogen (secondary N) is 1. The molecule has 0 saturated heterocycles. The number of rotatable bonds is 9. The molecule has 134 valence electrons. The van der Waals surface area contributed by atoms with Crippen LogP contribution < -0.4 is 15.8 Å². The molecule has 0 heterocycles. The molecule has 1 amide bonds. The predicted octanol–water partition coefficient (Wildman–Crippen LogP) is 2.41. The SMILES string of the molecule is CCN(CC)CCOc1ccc(C(=O)NC2(CN)CCCC2)cc1. The van der Waals surface area contributed by atoms with Crippen molar-refractivity contribution in [3.63, 3.8) is 0 Å². The van der Waals surface area contributed by atoms with Crippen molar-refractivity contribution < 1.29 is 9.53 Å². The molecule has 1 fully saturated rings. The summed E-state index contributed by atoms with van der Waals surface area (Å²) >= 11 is 0. The summed E-state index contributed by atoms with van der Waals surface area (Å²) in [5.74, 6) is 0.755. The van der Waals surface area contributed by atoms with Gasteiger partial charge in [0.25, 0.3) is 5.91 Å². The normalized spacial score (nSPS) is 16.3. The molecule has 5 nitrogen and oxygen atoms in total. The molecule has 24 heavy (non-hydrogen) atoms. The molecule has 0 aromatic heterocycles. The first kappa shape index (κ1) is 18.7. The topological polar surface area (TPSA) is 67.6 Å². The van der Waals surface area contributed by atoms with Crippen LogP contribution in [0.3, 0.4) is 0 Å². The van der Waals surface area contributed by atoms with E-state index in [0.29, 0.717) is 18.7 Å². The van der Waals surface area contributed by atoms with E-state index in [2.05, 4.69) is 24.1 Å². The molecule has 1 aliphatic carbocycles. The third kappa shape index (κ3) is 4.95. The third-order valence-corrected chi connectivity index (χ3v) is 5.02. The Morgan fingerprint density at radius 2 is 1.83 bits per heavy atom. The smallest absolute Gasteiger partial charge is 0.251 e. The Bertz CT molecular complexity index is 506. The van der Waals surface area contributed by atoms with Gasteiger partial charge in [0.1, 0.15) is 12.4 Å². The monoisotopic (exact) mass is 333 g/mol. The summed E-state index contributed by atoms with van der Waals surface area (Å²) in [6.07, 6.45) is 4.22. The Morgan fingerprint density at radius 1 is 1.21 bits per heavy atom. The number of amides is 1. The molecular formula is C19H31N3O2. The summed E-state index contributed by atoms with van der Waals surface area (Å²) < 4.78 is 5.76. The molecule has 0 unspecified atom stereocenters. The number of benzene rings is 1. The Kier molecular flexibility index (Phi) is 7.06. The molecule has 1 saturated carbocycles. The van der Waals surface area contributed by atoms with E-state index in [1.54, 1.807) is 0 Å². The highest BCUT2D eigenvalue weighted by Crippen LogP contribution is 2.29. The van der Waals surface area contributed by atoms with Crippen molar-refractivity contribution in [2.24, 2.45) is 5.73 Å². The second kappa shape index (κ2) is 9.04. The summed E-state index contributed by atoms with van der Waals surface area (Å²) in [4.78, 5) is 14.8. The van der Waals surface area contributed by atoms with Crippen molar-refractivity contribution in [2.75, 3.05) is 32.8 Å². The van der Waals surface area contributed by atoms with Crippen LogP contribution in [-0.2, 0) is 0 Å². The maximum atomic E-state index is 12.4. The molecule has 0 atom stereocenters. The predicted molar refractivity (Wildman–Crippen MR) is 97.4 cm³/mol. The Hall–Kier alpha value is -1.59. The van der Waals surface area contributed by atoms with Gasteiger partial charge in [-0.1, -0.05) is 26.7 Å². The van der Waals surface area contributed by atoms with E-state index in [0.717, 1.165) is 51.1 Å². The van der Waals surface area contributed by atoms with Crippen LogP contribution in [0, 0.1) is 0 Å². The number of carbonyl (C=O) groups is 1. The van der Waals surface area contributed by atoms with E-state index in [9.17, 15) is 4.79 Å². The lowest BCUT2D eigenvalue weighted by molar-refractivity contribution is 0.0903. The fourth-order valence-electron chi connectivity index (χ4n) is 3.28. The van der Waals surface area contributed by atoms with Crippen LogP contribution in [-0.4, -0.2) is 49.1 Å². The highest BCUT2D eigenvalue weighted by Gasteiger charge is 2.33. The zero-order chi connectivity index (χ0) is 17.4. The van der Waals surface area contributed by atoms with E-state index in [1.807, 2.05) is 24.3 Å². The molecule has 5 heteroatoms. The number of hydrogen-bond donors (Lipinski definition) is 2. The van der Waals surface area contributed by atoms with E-state index in [4.69, 9.17) is 10.5 Å². The van der Waals surface area contributed by atoms with Crippen molar-refractivity contribution in [3.8, 4) is 5.75 Å². The number of nitrogens with zero attached hydrogens (tertiary/aromatic N) is 1. The number of carbonyl (C=O) groups excluding carboxylic acids is 1. The fraction of sp³-hybridized carbons (Fsp3) is 0.632. The molecule has 1 aliphatic rings. The number of nitrogens with two attached hydrogens (primary N) is 1. The average molecular weight is 333 g/mol. The van der Waals surface area contributed by atoms with Crippen LogP contribution >= 0.6 is 0 Å². The largest absolute Gasteiger partial charge is 0.492 e. The van der Waals surface area contributed by atoms with Crippen molar-refractivity contribution >= 4 is 5.91 Å². The number of hydrogen-bond acceptors (Lipinski definition) is 4. The Morgan fingerprint density at radius 3 is 2.38 bits per heavy atom. The summed E-state index contributed by atoms with van der Waals surface area (Å²) in [5, 5.41) is 3.14. The van der Waals surface area contributed by atoms with Gasteiger partial charge in [0, 0.05) is 18.7 Å². The second-order valence-corrected chi connectivity index (χ2v) is 6.55. The molecule has 0 aliphatic heterocycles. The van der Waals surface area contributed by atoms with Crippen molar-refractivity contribution in [1.29, 1.82) is 0 Å². The van der Waals surface area contributed by atoms with E-state index in [-0.39, 0.29) is 11.4 Å². The van der Waals surface area contributed by atoms with Crippen molar-refractivity contribution in [2.45, 2.75) is 45.1 Å². The van der Waals surface area contributed by atoms with Crippen LogP contribution in [0.25, 0.3) is 0 Å². The number of likely N-dealkylation sites (N-methyl/N-ethyl adjacent to an activating group) is 1. The summed E-state index contributed by atoms with van der Waals surface area (Å²) in [5.41, 5.74) is 6.33. The average Bonchev–Trinajstić information content (AvgIpc) is 3.08. The van der Waals surface area contributed by atoms with Crippen LogP contribution in [0.5, 0.6) is 5.75 Å². The Balaban J connectivity index is 1.85. The standard InChI is InChI=1S/C19H31N3O2/c1-3-22(4-2)13-14-24-17-9-7-16(8-10-17)18(23)21-19(15-20)11-5-6-12-19/h7-10H,3-6,11-15,20H2,1-2H3,(H,21,23). The molecular weight excluding hydrogens is 302 g/mol. The maximum Gasteiger partial charge on any atom is 0.251 e. The van der Waals surface area contributed by atoms with Gasteiger partial charge in [-0.2, -0.15) is 0 Å². The third-order valence-electron chi connectivity index (χ3n) is 5.02. The van der Waals surface area contributed by atoms with Gasteiger partial charge in [-0.3, -0.25) is 4.79 Å². The zero-order valence-corrected chi connectivity index (χ0v) is 15.0. The van der Waals surface area contributed by atoms with Crippen molar-refractivity contribution in [1.82, 2.24) is 10.2 Å². The zero-order valence-electron chi connectivity index (χ0n) is 15.0. The minimum Gasteiger partial charge on any atom is -0.492 e. The first-order valence-electron chi connectivity index (χ1n) is 9.10. The van der Waals surface area contributed by atoms with E-state index >= 15 is 0 Å². The van der Waals surface area contributed by atoms with Crippen LogP contribution in [0.2, 0.25) is 0 Å². The van der Waals surface area contributed by atoms with E-state index < -0.39 is 0 Å². The van der Waals surface area contributed by atoms with Gasteiger partial charge in [0.2, 0.25) is 0 Å². The highest BCUT2D eigenvalue weighted by atomic mass is 16.5. The molecule has 2 rings (SSSR count). The lowest BCUT2D eigenvalue weighted by Crippen LogP contribution is -2.51. The summed E-state index contributed by atoms with van der Waals surface area (Å²) in [7, 11) is 0. The van der Waals surface area contributed by atoms with Crippen LogP contribution in [0.15, 0.2) is 24.3 Å². The quantitative estimate of drug-likeness (QED) is 0.728. The van der Waals surface area contributed by atoms with Gasteiger partial charge < -0.3 is 20.7 Å². The lowest BCUT2D eigenvalue weighted by atomic mass is 9.97. The summed E-state index contributed by atoms with van der Waals surface area (Å²) in [6.45, 7) is 8.43. The minimum atomic E-state index is -0.212. The van der Waals surface area contributed by atoms with E-state index in [1.165, 1.54) is 0 Å². The maximum absolute atomic E-state index is 12.4. The first-order valence-corrected chi connectivity index (χ1v) is 9.10. The molecule has 1 aromatic carbocycles. The first-order chi connectivity index (χ1) is 11.6. The van der Waals surface area contributed by atoms with Gasteiger partial charge in [-0.25, -0.2) is 0 Å². The van der Waals surface area contributed by atoms with Gasteiger partial charge in [0.15, 0.2) is 0 Å². The molecule has 1 aromatic rings. The molecule has 0 bridgehead atoms. The highest BCUT2D eigenvalue weighted by molar-refractivity contribution is 5.94. The second-order valence-electron chi connectivity index (χ2n) is 6.55. The summed E-state index contributed by atoms with van der Waals surface area (Å²) in [6, 6.07) is 7.37. The van der Waals surface area contributed by atoms with Gasteiger partial charge in [0.05, 0.1) is 5.54 Å². The van der Waals surface area contributed by atoms with Crippen molar-refractivity contribution in [3.05, 3.63) is 29.8 Å². The molecule has 0 spiro atoms. The minimum absolute atomic E-state index is 0.0444. The Labute approximate surface area is 145 Å². The van der Waals surface area contributed by atoms with Gasteiger partial charge >= 0.3 is 0 Å². The van der Waals surface area contributed by atoms with Gasteiger partial charge in [-0.05, 0) is 50.2 Å².